The summed E-state index contributed by atoms with van der Waals surface area (Å²) in [5, 5.41) is 3.56. The highest BCUT2D eigenvalue weighted by Gasteiger charge is 2.26. The summed E-state index contributed by atoms with van der Waals surface area (Å²) >= 11 is 0. The Morgan fingerprint density at radius 3 is 3.00 bits per heavy atom. The second kappa shape index (κ2) is 4.60. The first kappa shape index (κ1) is 10.4. The van der Waals surface area contributed by atoms with Crippen LogP contribution in [0.15, 0.2) is 0 Å². The Morgan fingerprint density at radius 1 is 1.43 bits per heavy atom. The molecule has 0 saturated carbocycles. The molecule has 2 fully saturated rings. The van der Waals surface area contributed by atoms with Crippen molar-refractivity contribution in [1.29, 1.82) is 0 Å². The lowest BCUT2D eigenvalue weighted by molar-refractivity contribution is -0.0514. The zero-order valence-corrected chi connectivity index (χ0v) is 9.33. The Balaban J connectivity index is 1.82. The van der Waals surface area contributed by atoms with E-state index in [0.29, 0.717) is 12.1 Å². The minimum absolute atomic E-state index is 0.410. The van der Waals surface area contributed by atoms with E-state index in [4.69, 9.17) is 4.74 Å². The van der Waals surface area contributed by atoms with Gasteiger partial charge >= 0.3 is 0 Å². The zero-order valence-electron chi connectivity index (χ0n) is 9.33. The van der Waals surface area contributed by atoms with Gasteiger partial charge in [-0.3, -0.25) is 4.90 Å². The van der Waals surface area contributed by atoms with Gasteiger partial charge < -0.3 is 10.1 Å². The number of morpholine rings is 1. The molecule has 3 nitrogen and oxygen atoms in total. The molecule has 3 atom stereocenters. The van der Waals surface area contributed by atoms with Crippen molar-refractivity contribution in [2.45, 2.75) is 44.9 Å². The van der Waals surface area contributed by atoms with Gasteiger partial charge in [0.2, 0.25) is 0 Å². The molecule has 0 aliphatic carbocycles. The second-order valence-electron chi connectivity index (χ2n) is 4.74. The lowest BCUT2D eigenvalue weighted by Crippen LogP contribution is -2.51. The number of rotatable bonds is 2. The van der Waals surface area contributed by atoms with E-state index in [2.05, 4.69) is 24.1 Å². The highest BCUT2D eigenvalue weighted by atomic mass is 16.5. The predicted molar refractivity (Wildman–Crippen MR) is 57.5 cm³/mol. The first-order valence-corrected chi connectivity index (χ1v) is 5.84. The van der Waals surface area contributed by atoms with Crippen LogP contribution in [0.25, 0.3) is 0 Å². The molecule has 2 aliphatic rings. The van der Waals surface area contributed by atoms with Crippen LogP contribution in [-0.2, 0) is 4.74 Å². The number of nitrogens with zero attached hydrogens (tertiary/aromatic N) is 1. The Bertz CT molecular complexity index is 180. The number of hydrogen-bond donors (Lipinski definition) is 1. The number of ether oxygens (including phenoxy) is 1. The molecule has 0 bridgehead atoms. The average Bonchev–Trinajstić information content (AvgIpc) is 2.64. The third kappa shape index (κ3) is 2.47. The quantitative estimate of drug-likeness (QED) is 0.712. The number of nitrogens with one attached hydrogen (secondary N) is 1. The van der Waals surface area contributed by atoms with Crippen molar-refractivity contribution in [2.75, 3.05) is 26.2 Å². The largest absolute Gasteiger partial charge is 0.376 e. The van der Waals surface area contributed by atoms with Crippen molar-refractivity contribution >= 4 is 0 Å². The summed E-state index contributed by atoms with van der Waals surface area (Å²) in [5.41, 5.74) is 0. The Kier molecular flexibility index (Phi) is 3.42. The third-order valence-electron chi connectivity index (χ3n) is 3.35. The van der Waals surface area contributed by atoms with E-state index in [-0.39, 0.29) is 0 Å². The van der Waals surface area contributed by atoms with E-state index in [1.165, 1.54) is 25.9 Å². The van der Waals surface area contributed by atoms with Gasteiger partial charge in [-0.15, -0.1) is 0 Å². The maximum Gasteiger partial charge on any atom is 0.0674 e. The molecule has 0 aromatic heterocycles. The Hall–Kier alpha value is -0.120. The van der Waals surface area contributed by atoms with Gasteiger partial charge in [-0.1, -0.05) is 0 Å². The van der Waals surface area contributed by atoms with Crippen LogP contribution in [0.5, 0.6) is 0 Å². The minimum Gasteiger partial charge on any atom is -0.376 e. The molecule has 0 radical (unpaired) electrons. The molecule has 3 heteroatoms. The molecule has 0 spiro atoms. The SMILES string of the molecule is CC1CN(C[C@H]2CCCN2)C(C)CO1. The summed E-state index contributed by atoms with van der Waals surface area (Å²) in [6.45, 7) is 8.84. The topological polar surface area (TPSA) is 24.5 Å². The fraction of sp³-hybridized carbons (Fsp3) is 1.00. The lowest BCUT2D eigenvalue weighted by Gasteiger charge is -2.38. The molecule has 0 amide bonds. The standard InChI is InChI=1S/C11H22N2O/c1-9-8-14-10(2)6-13(9)7-11-4-3-5-12-11/h9-12H,3-8H2,1-2H3/t9?,10?,11-/m1/s1. The first-order valence-electron chi connectivity index (χ1n) is 5.84. The van der Waals surface area contributed by atoms with Gasteiger partial charge in [-0.05, 0) is 33.2 Å². The fourth-order valence-corrected chi connectivity index (χ4v) is 2.42. The van der Waals surface area contributed by atoms with Crippen molar-refractivity contribution < 1.29 is 4.74 Å². The summed E-state index contributed by atoms with van der Waals surface area (Å²) in [7, 11) is 0. The highest BCUT2D eigenvalue weighted by molar-refractivity contribution is 4.83. The van der Waals surface area contributed by atoms with Gasteiger partial charge in [0.25, 0.3) is 0 Å². The highest BCUT2D eigenvalue weighted by Crippen LogP contribution is 2.14. The van der Waals surface area contributed by atoms with Crippen LogP contribution in [0.4, 0.5) is 0 Å². The average molecular weight is 198 g/mol. The molecule has 0 aromatic carbocycles. The summed E-state index contributed by atoms with van der Waals surface area (Å²) in [4.78, 5) is 2.57. The summed E-state index contributed by atoms with van der Waals surface area (Å²) in [6, 6.07) is 1.32. The van der Waals surface area contributed by atoms with Crippen molar-refractivity contribution in [3.05, 3.63) is 0 Å². The summed E-state index contributed by atoms with van der Waals surface area (Å²) < 4.78 is 5.62. The smallest absolute Gasteiger partial charge is 0.0674 e. The van der Waals surface area contributed by atoms with Crippen LogP contribution in [0, 0.1) is 0 Å². The lowest BCUT2D eigenvalue weighted by atomic mass is 10.1. The molecule has 1 N–H and O–H groups in total. The molecule has 2 heterocycles. The molecule has 14 heavy (non-hydrogen) atoms. The molecule has 0 aromatic rings. The van der Waals surface area contributed by atoms with Crippen LogP contribution in [-0.4, -0.2) is 49.3 Å². The second-order valence-corrected chi connectivity index (χ2v) is 4.74. The summed E-state index contributed by atoms with van der Waals surface area (Å²) in [5.74, 6) is 0. The number of hydrogen-bond acceptors (Lipinski definition) is 3. The third-order valence-corrected chi connectivity index (χ3v) is 3.35. The van der Waals surface area contributed by atoms with E-state index in [0.717, 1.165) is 19.2 Å². The maximum absolute atomic E-state index is 5.62. The predicted octanol–water partition coefficient (Wildman–Crippen LogP) is 0.848. The minimum atomic E-state index is 0.410. The van der Waals surface area contributed by atoms with Gasteiger partial charge in [0, 0.05) is 25.2 Å². The van der Waals surface area contributed by atoms with Gasteiger partial charge in [0.1, 0.15) is 0 Å². The van der Waals surface area contributed by atoms with Crippen molar-refractivity contribution in [3.8, 4) is 0 Å². The molecular weight excluding hydrogens is 176 g/mol. The molecule has 82 valence electrons. The Morgan fingerprint density at radius 2 is 2.29 bits per heavy atom. The van der Waals surface area contributed by atoms with E-state index in [1.54, 1.807) is 0 Å². The van der Waals surface area contributed by atoms with Gasteiger partial charge in [0.15, 0.2) is 0 Å². The van der Waals surface area contributed by atoms with Gasteiger partial charge in [0.05, 0.1) is 12.7 Å². The van der Waals surface area contributed by atoms with E-state index < -0.39 is 0 Å². The van der Waals surface area contributed by atoms with E-state index in [9.17, 15) is 0 Å². The summed E-state index contributed by atoms with van der Waals surface area (Å²) in [6.07, 6.45) is 3.10. The van der Waals surface area contributed by atoms with E-state index in [1.807, 2.05) is 0 Å². The van der Waals surface area contributed by atoms with Crippen LogP contribution >= 0.6 is 0 Å². The van der Waals surface area contributed by atoms with Crippen LogP contribution in [0.3, 0.4) is 0 Å². The van der Waals surface area contributed by atoms with Crippen LogP contribution in [0.2, 0.25) is 0 Å². The molecular formula is C11H22N2O. The fourth-order valence-electron chi connectivity index (χ4n) is 2.42. The monoisotopic (exact) mass is 198 g/mol. The molecule has 2 saturated heterocycles. The maximum atomic E-state index is 5.62. The van der Waals surface area contributed by atoms with E-state index >= 15 is 0 Å². The molecule has 2 aliphatic heterocycles. The van der Waals surface area contributed by atoms with Crippen LogP contribution < -0.4 is 5.32 Å². The molecule has 2 unspecified atom stereocenters. The van der Waals surface area contributed by atoms with Gasteiger partial charge in [-0.2, -0.15) is 0 Å². The van der Waals surface area contributed by atoms with Crippen molar-refractivity contribution in [3.63, 3.8) is 0 Å². The van der Waals surface area contributed by atoms with Crippen molar-refractivity contribution in [1.82, 2.24) is 10.2 Å². The Labute approximate surface area is 86.8 Å². The normalized spacial score (nSPS) is 40.3. The van der Waals surface area contributed by atoms with Crippen LogP contribution in [0.1, 0.15) is 26.7 Å². The zero-order chi connectivity index (χ0) is 9.97. The first-order chi connectivity index (χ1) is 6.75. The molecule has 2 rings (SSSR count). The van der Waals surface area contributed by atoms with Gasteiger partial charge in [-0.25, -0.2) is 0 Å². The van der Waals surface area contributed by atoms with Crippen molar-refractivity contribution in [2.24, 2.45) is 0 Å².